The minimum atomic E-state index is -4.59. The molecule has 1 N–H and O–H groups in total. The molecule has 1 aliphatic rings. The summed E-state index contributed by atoms with van der Waals surface area (Å²) in [5.41, 5.74) is -1.81. The smallest absolute Gasteiger partial charge is 0.329 e. The second-order valence-corrected chi connectivity index (χ2v) is 4.84. The van der Waals surface area contributed by atoms with Gasteiger partial charge in [0.05, 0.1) is 5.56 Å². The molecule has 2 rings (SSSR count). The molecule has 0 unspecified atom stereocenters. The molecular weight excluding hydrogens is 283 g/mol. The molecule has 1 saturated heterocycles. The van der Waals surface area contributed by atoms with Gasteiger partial charge in [0.2, 0.25) is 12.0 Å². The summed E-state index contributed by atoms with van der Waals surface area (Å²) in [5, 5.41) is 0. The molecule has 0 aromatic carbocycles. The lowest BCUT2D eigenvalue weighted by atomic mass is 9.99. The molecule has 0 spiro atoms. The second-order valence-electron chi connectivity index (χ2n) is 4.84. The van der Waals surface area contributed by atoms with E-state index in [1.54, 1.807) is 4.90 Å². The number of nitrogens with zero attached hydrogens (tertiary/aromatic N) is 1. The van der Waals surface area contributed by atoms with Gasteiger partial charge in [-0.3, -0.25) is 4.79 Å². The molecule has 0 saturated carbocycles. The largest absolute Gasteiger partial charge is 0.416 e. The van der Waals surface area contributed by atoms with E-state index >= 15 is 0 Å². The van der Waals surface area contributed by atoms with Crippen LogP contribution in [0.15, 0.2) is 17.1 Å². The monoisotopic (exact) mass is 296 g/mol. The number of aromatic nitrogens is 1. The van der Waals surface area contributed by atoms with Gasteiger partial charge in [-0.1, -0.05) is 0 Å². The third kappa shape index (κ3) is 3.36. The first-order valence-electron chi connectivity index (χ1n) is 6.06. The summed E-state index contributed by atoms with van der Waals surface area (Å²) < 4.78 is 62.8. The number of alkyl halides is 5. The van der Waals surface area contributed by atoms with E-state index in [-0.39, 0.29) is 31.6 Å². The van der Waals surface area contributed by atoms with Gasteiger partial charge in [-0.15, -0.1) is 0 Å². The van der Waals surface area contributed by atoms with Gasteiger partial charge in [-0.2, -0.15) is 13.2 Å². The maximum Gasteiger partial charge on any atom is 0.416 e. The number of aromatic amines is 1. The van der Waals surface area contributed by atoms with Gasteiger partial charge >= 0.3 is 6.18 Å². The summed E-state index contributed by atoms with van der Waals surface area (Å²) in [4.78, 5) is 14.8. The molecule has 2 heterocycles. The zero-order valence-corrected chi connectivity index (χ0v) is 10.4. The summed E-state index contributed by atoms with van der Waals surface area (Å²) in [6, 6.07) is 0.521. The second kappa shape index (κ2) is 5.51. The van der Waals surface area contributed by atoms with E-state index in [0.29, 0.717) is 6.07 Å². The van der Waals surface area contributed by atoms with Crippen molar-refractivity contribution < 1.29 is 22.0 Å². The summed E-state index contributed by atoms with van der Waals surface area (Å²) in [6.07, 6.45) is -5.88. The van der Waals surface area contributed by atoms with Crippen LogP contribution in [0.4, 0.5) is 22.0 Å². The third-order valence-corrected chi connectivity index (χ3v) is 3.35. The molecule has 1 aromatic heterocycles. The zero-order chi connectivity index (χ0) is 14.9. The van der Waals surface area contributed by atoms with E-state index in [1.165, 1.54) is 0 Å². The average Bonchev–Trinajstić information content (AvgIpc) is 2.26. The molecule has 8 heteroatoms. The number of likely N-dealkylation sites (tertiary alicyclic amines) is 1. The molecular formula is C12H13F5N2O. The van der Waals surface area contributed by atoms with Crippen molar-refractivity contribution in [2.45, 2.75) is 19.0 Å². The minimum absolute atomic E-state index is 0.0300. The first kappa shape index (κ1) is 15.0. The molecule has 1 aliphatic heterocycles. The maximum absolute atomic E-state index is 12.8. The number of H-pyrrole nitrogens is 1. The highest BCUT2D eigenvalue weighted by atomic mass is 19.4. The molecule has 3 nitrogen and oxygen atoms in total. The molecule has 0 atom stereocenters. The fourth-order valence-corrected chi connectivity index (χ4v) is 2.20. The lowest BCUT2D eigenvalue weighted by Gasteiger charge is -2.38. The fraction of sp³-hybridized carbons (Fsp3) is 0.583. The van der Waals surface area contributed by atoms with Crippen LogP contribution in [0.3, 0.4) is 0 Å². The molecule has 20 heavy (non-hydrogen) atoms. The molecule has 0 aliphatic carbocycles. The Morgan fingerprint density at radius 3 is 2.55 bits per heavy atom. The molecule has 0 bridgehead atoms. The van der Waals surface area contributed by atoms with E-state index < -0.39 is 29.6 Å². The highest BCUT2D eigenvalue weighted by Crippen LogP contribution is 2.31. The van der Waals surface area contributed by atoms with Crippen molar-refractivity contribution in [3.8, 4) is 0 Å². The Labute approximate surface area is 111 Å². The Morgan fingerprint density at radius 2 is 2.00 bits per heavy atom. The van der Waals surface area contributed by atoms with Gasteiger partial charge < -0.3 is 9.88 Å². The number of rotatable bonds is 4. The molecule has 0 radical (unpaired) electrons. The quantitative estimate of drug-likeness (QED) is 0.864. The van der Waals surface area contributed by atoms with Crippen molar-refractivity contribution in [3.05, 3.63) is 33.7 Å². The number of halogens is 5. The highest BCUT2D eigenvalue weighted by Gasteiger charge is 2.35. The standard InChI is InChI=1S/C12H13F5N2O/c13-11(14)8-5-19(6-8)2-1-7-4-18-10(20)3-9(7)12(15,16)17/h3-4,8,11H,1-2,5-6H2,(H,18,20). The van der Waals surface area contributed by atoms with Gasteiger partial charge in [0, 0.05) is 37.8 Å². The van der Waals surface area contributed by atoms with Crippen LogP contribution < -0.4 is 5.56 Å². The summed E-state index contributed by atoms with van der Waals surface area (Å²) in [5.74, 6) is -0.687. The zero-order valence-electron chi connectivity index (χ0n) is 10.4. The van der Waals surface area contributed by atoms with Gasteiger partial charge in [-0.05, 0) is 12.0 Å². The Morgan fingerprint density at radius 1 is 1.35 bits per heavy atom. The van der Waals surface area contributed by atoms with Crippen molar-refractivity contribution in [2.24, 2.45) is 5.92 Å². The van der Waals surface area contributed by atoms with E-state index in [0.717, 1.165) is 6.20 Å². The predicted molar refractivity (Wildman–Crippen MR) is 61.7 cm³/mol. The normalized spacial score (nSPS) is 17.5. The Bertz CT molecular complexity index is 519. The fourth-order valence-electron chi connectivity index (χ4n) is 2.20. The van der Waals surface area contributed by atoms with Crippen LogP contribution in [0.2, 0.25) is 0 Å². The summed E-state index contributed by atoms with van der Waals surface area (Å²) in [6.45, 7) is 0.656. The van der Waals surface area contributed by atoms with E-state index in [1.807, 2.05) is 0 Å². The van der Waals surface area contributed by atoms with Crippen LogP contribution in [0, 0.1) is 5.92 Å². The molecule has 112 valence electrons. The molecule has 1 aromatic rings. The Kier molecular flexibility index (Phi) is 4.12. The third-order valence-electron chi connectivity index (χ3n) is 3.35. The maximum atomic E-state index is 12.8. The van der Waals surface area contributed by atoms with Crippen molar-refractivity contribution in [2.75, 3.05) is 19.6 Å². The van der Waals surface area contributed by atoms with Gasteiger partial charge in [0.1, 0.15) is 0 Å². The Hall–Kier alpha value is -1.44. The van der Waals surface area contributed by atoms with Gasteiger partial charge in [0.15, 0.2) is 0 Å². The number of nitrogens with one attached hydrogen (secondary N) is 1. The van der Waals surface area contributed by atoms with Crippen molar-refractivity contribution in [1.29, 1.82) is 0 Å². The van der Waals surface area contributed by atoms with Crippen molar-refractivity contribution in [1.82, 2.24) is 9.88 Å². The first-order valence-corrected chi connectivity index (χ1v) is 6.06. The van der Waals surface area contributed by atoms with Crippen LogP contribution in [0.5, 0.6) is 0 Å². The van der Waals surface area contributed by atoms with Crippen LogP contribution >= 0.6 is 0 Å². The van der Waals surface area contributed by atoms with Crippen LogP contribution in [0.25, 0.3) is 0 Å². The van der Waals surface area contributed by atoms with Crippen LogP contribution in [-0.2, 0) is 12.6 Å². The van der Waals surface area contributed by atoms with Crippen LogP contribution in [-0.4, -0.2) is 35.9 Å². The first-order chi connectivity index (χ1) is 9.27. The SMILES string of the molecule is O=c1cc(C(F)(F)F)c(CCN2CC(C(F)F)C2)c[nH]1. The molecule has 1 fully saturated rings. The van der Waals surface area contributed by atoms with E-state index in [2.05, 4.69) is 4.98 Å². The number of pyridine rings is 1. The predicted octanol–water partition coefficient (Wildman–Crippen LogP) is 2.13. The van der Waals surface area contributed by atoms with Crippen molar-refractivity contribution >= 4 is 0 Å². The van der Waals surface area contributed by atoms with Gasteiger partial charge in [0.25, 0.3) is 0 Å². The topological polar surface area (TPSA) is 36.1 Å². The van der Waals surface area contributed by atoms with Crippen molar-refractivity contribution in [3.63, 3.8) is 0 Å². The number of hydrogen-bond donors (Lipinski definition) is 1. The summed E-state index contributed by atoms with van der Waals surface area (Å²) in [7, 11) is 0. The Balaban J connectivity index is 1.99. The summed E-state index contributed by atoms with van der Waals surface area (Å²) >= 11 is 0. The van der Waals surface area contributed by atoms with E-state index in [4.69, 9.17) is 0 Å². The lowest BCUT2D eigenvalue weighted by Crippen LogP contribution is -2.50. The van der Waals surface area contributed by atoms with Gasteiger partial charge in [-0.25, -0.2) is 8.78 Å². The average molecular weight is 296 g/mol. The minimum Gasteiger partial charge on any atom is -0.329 e. The van der Waals surface area contributed by atoms with E-state index in [9.17, 15) is 26.7 Å². The highest BCUT2D eigenvalue weighted by molar-refractivity contribution is 5.26. The number of hydrogen-bond acceptors (Lipinski definition) is 2. The lowest BCUT2D eigenvalue weighted by molar-refractivity contribution is -0.138. The van der Waals surface area contributed by atoms with Crippen LogP contribution in [0.1, 0.15) is 11.1 Å². The molecule has 0 amide bonds.